The van der Waals surface area contributed by atoms with Gasteiger partial charge in [0.2, 0.25) is 11.8 Å². The van der Waals surface area contributed by atoms with Crippen molar-refractivity contribution in [2.45, 2.75) is 63.3 Å². The van der Waals surface area contributed by atoms with Crippen molar-refractivity contribution in [3.05, 3.63) is 88.6 Å². The minimum atomic E-state index is -3.03. The highest BCUT2D eigenvalue weighted by Gasteiger charge is 2.49. The summed E-state index contributed by atoms with van der Waals surface area (Å²) in [6.45, 7) is 3.63. The average Bonchev–Trinajstić information content (AvgIpc) is 3.01. The summed E-state index contributed by atoms with van der Waals surface area (Å²) < 4.78 is 62.7. The lowest BCUT2D eigenvalue weighted by Crippen LogP contribution is -2.65. The van der Waals surface area contributed by atoms with Gasteiger partial charge in [-0.25, -0.2) is 27.3 Å². The maximum atomic E-state index is 15.0. The van der Waals surface area contributed by atoms with Crippen LogP contribution in [-0.4, -0.2) is 70.4 Å². The molecule has 5 rings (SSSR count). The van der Waals surface area contributed by atoms with Crippen LogP contribution in [0.1, 0.15) is 50.8 Å². The van der Waals surface area contributed by atoms with Crippen molar-refractivity contribution in [2.24, 2.45) is 0 Å². The van der Waals surface area contributed by atoms with Crippen molar-refractivity contribution in [1.82, 2.24) is 15.2 Å². The molecule has 2 atom stereocenters. The maximum absolute atomic E-state index is 15.0. The summed E-state index contributed by atoms with van der Waals surface area (Å²) in [6, 6.07) is 7.75. The Labute approximate surface area is 289 Å². The van der Waals surface area contributed by atoms with E-state index in [2.05, 4.69) is 10.3 Å². The van der Waals surface area contributed by atoms with Crippen LogP contribution in [0.2, 0.25) is 5.02 Å². The first kappa shape index (κ1) is 36.1. The quantitative estimate of drug-likeness (QED) is 0.318. The fourth-order valence-electron chi connectivity index (χ4n) is 5.71. The standard InChI is InChI=1S/C34H31ClF4N6O5/c1-33(2,3)50-32(49)43-17-26(45(28(46)18-43)27-10-19(16-40)8-9-41-27)31(48)44(23-12-20(36)11-21(37)13-23)29(24-6-4-5-7-25(24)35)30(47)42-22-14-34(38,39)15-22/h4-13,22,26,29H,14-15,17-18H2,1-3H3,(H,42,47)/t26?,29-/m1/s1. The number of amides is 4. The van der Waals surface area contributed by atoms with Gasteiger partial charge in [-0.15, -0.1) is 0 Å². The molecule has 1 saturated heterocycles. The smallest absolute Gasteiger partial charge is 0.410 e. The largest absolute Gasteiger partial charge is 0.444 e. The van der Waals surface area contributed by atoms with Crippen molar-refractivity contribution in [3.8, 4) is 6.07 Å². The number of anilines is 2. The van der Waals surface area contributed by atoms with Crippen molar-refractivity contribution in [2.75, 3.05) is 22.9 Å². The van der Waals surface area contributed by atoms with Crippen LogP contribution in [0.25, 0.3) is 0 Å². The fourth-order valence-corrected chi connectivity index (χ4v) is 5.95. The van der Waals surface area contributed by atoms with Crippen LogP contribution < -0.4 is 15.1 Å². The van der Waals surface area contributed by atoms with E-state index >= 15 is 4.79 Å². The number of alkyl halides is 2. The molecule has 1 aliphatic heterocycles. The molecule has 0 radical (unpaired) electrons. The summed E-state index contributed by atoms with van der Waals surface area (Å²) in [5.74, 6) is -8.47. The van der Waals surface area contributed by atoms with Gasteiger partial charge in [0.05, 0.1) is 23.9 Å². The number of nitrogens with one attached hydrogen (secondary N) is 1. The van der Waals surface area contributed by atoms with E-state index in [1.54, 1.807) is 20.8 Å². The zero-order chi connectivity index (χ0) is 36.5. The molecule has 1 unspecified atom stereocenters. The van der Waals surface area contributed by atoms with Gasteiger partial charge < -0.3 is 10.1 Å². The number of rotatable bonds is 7. The Morgan fingerprint density at radius 1 is 1.10 bits per heavy atom. The van der Waals surface area contributed by atoms with Crippen molar-refractivity contribution < 1.29 is 41.5 Å². The Bertz CT molecular complexity index is 1850. The van der Waals surface area contributed by atoms with Gasteiger partial charge in [-0.3, -0.25) is 29.1 Å². The molecule has 2 fully saturated rings. The van der Waals surface area contributed by atoms with Crippen molar-refractivity contribution in [1.29, 1.82) is 5.26 Å². The number of hydrogen-bond acceptors (Lipinski definition) is 7. The number of carbonyl (C=O) groups is 4. The molecule has 0 bridgehead atoms. The van der Waals surface area contributed by atoms with Gasteiger partial charge in [-0.05, 0) is 51.1 Å². The lowest BCUT2D eigenvalue weighted by atomic mass is 9.87. The Hall–Kier alpha value is -5.23. The van der Waals surface area contributed by atoms with Crippen LogP contribution in [0.4, 0.5) is 33.9 Å². The minimum absolute atomic E-state index is 0.0435. The van der Waals surface area contributed by atoms with Crippen LogP contribution in [0.3, 0.4) is 0 Å². The highest BCUT2D eigenvalue weighted by atomic mass is 35.5. The third-order valence-corrected chi connectivity index (χ3v) is 8.21. The van der Waals surface area contributed by atoms with Gasteiger partial charge in [-0.2, -0.15) is 5.26 Å². The van der Waals surface area contributed by atoms with Crippen LogP contribution >= 0.6 is 11.6 Å². The number of pyridine rings is 1. The third kappa shape index (κ3) is 7.97. The van der Waals surface area contributed by atoms with Crippen LogP contribution in [0.15, 0.2) is 60.8 Å². The second kappa shape index (κ2) is 13.9. The van der Waals surface area contributed by atoms with Gasteiger partial charge in [0.25, 0.3) is 11.8 Å². The fraction of sp³-hybridized carbons (Fsp3) is 0.353. The normalized spacial score (nSPS) is 18.1. The summed E-state index contributed by atoms with van der Waals surface area (Å²) in [6.07, 6.45) is -1.12. The van der Waals surface area contributed by atoms with Crippen LogP contribution in [0, 0.1) is 23.0 Å². The molecule has 262 valence electrons. The number of halogens is 5. The minimum Gasteiger partial charge on any atom is -0.444 e. The Balaban J connectivity index is 1.69. The molecule has 11 nitrogen and oxygen atoms in total. The zero-order valence-corrected chi connectivity index (χ0v) is 27.8. The molecular weight excluding hydrogens is 684 g/mol. The molecule has 4 amide bonds. The van der Waals surface area contributed by atoms with Gasteiger partial charge in [-0.1, -0.05) is 29.8 Å². The SMILES string of the molecule is CC(C)(C)OC(=O)N1CC(=O)N(c2cc(C#N)ccn2)C(C(=O)N(c2cc(F)cc(F)c2)[C@@H](C(=O)NC2CC(F)(F)C2)c2ccccc2Cl)C1. The average molecular weight is 715 g/mol. The van der Waals surface area contributed by atoms with E-state index in [0.29, 0.717) is 11.0 Å². The van der Waals surface area contributed by atoms with E-state index in [1.165, 1.54) is 42.6 Å². The first-order valence-electron chi connectivity index (χ1n) is 15.3. The van der Waals surface area contributed by atoms with Crippen LogP contribution in [-0.2, 0) is 19.1 Å². The second-order valence-corrected chi connectivity index (χ2v) is 13.3. The number of hydrogen-bond donors (Lipinski definition) is 1. The predicted molar refractivity (Wildman–Crippen MR) is 172 cm³/mol. The molecular formula is C34H31ClF4N6O5. The van der Waals surface area contributed by atoms with E-state index in [1.807, 2.05) is 6.07 Å². The molecule has 2 aliphatic rings. The number of aromatic nitrogens is 1. The van der Waals surface area contributed by atoms with E-state index in [0.717, 1.165) is 21.9 Å². The molecule has 2 aromatic carbocycles. The zero-order valence-electron chi connectivity index (χ0n) is 27.0. The Morgan fingerprint density at radius 3 is 2.36 bits per heavy atom. The molecule has 1 N–H and O–H groups in total. The summed E-state index contributed by atoms with van der Waals surface area (Å²) in [7, 11) is 0. The van der Waals surface area contributed by atoms with E-state index in [9.17, 15) is 37.2 Å². The topological polar surface area (TPSA) is 136 Å². The second-order valence-electron chi connectivity index (χ2n) is 12.9. The monoisotopic (exact) mass is 714 g/mol. The highest BCUT2D eigenvalue weighted by Crippen LogP contribution is 2.39. The molecule has 3 aromatic rings. The number of nitrogens with zero attached hydrogens (tertiary/aromatic N) is 5. The van der Waals surface area contributed by atoms with Crippen molar-refractivity contribution >= 4 is 46.9 Å². The van der Waals surface area contributed by atoms with E-state index < -0.39 is 96.7 Å². The van der Waals surface area contributed by atoms with E-state index in [-0.39, 0.29) is 22.0 Å². The third-order valence-electron chi connectivity index (χ3n) is 7.86. The number of carbonyl (C=O) groups excluding carboxylic acids is 4. The molecule has 0 spiro atoms. The molecule has 50 heavy (non-hydrogen) atoms. The number of piperazine rings is 1. The lowest BCUT2D eigenvalue weighted by molar-refractivity contribution is -0.133. The van der Waals surface area contributed by atoms with Gasteiger partial charge in [0.15, 0.2) is 0 Å². The summed E-state index contributed by atoms with van der Waals surface area (Å²) >= 11 is 6.52. The Morgan fingerprint density at radius 2 is 1.76 bits per heavy atom. The molecule has 16 heteroatoms. The number of benzene rings is 2. The molecule has 2 heterocycles. The summed E-state index contributed by atoms with van der Waals surface area (Å²) in [5.41, 5.74) is -1.47. The summed E-state index contributed by atoms with van der Waals surface area (Å²) in [4.78, 5) is 62.9. The number of ether oxygens (including phenoxy) is 1. The maximum Gasteiger partial charge on any atom is 0.410 e. The first-order chi connectivity index (χ1) is 23.5. The molecule has 1 saturated carbocycles. The van der Waals surface area contributed by atoms with E-state index in [4.69, 9.17) is 16.3 Å². The van der Waals surface area contributed by atoms with Gasteiger partial charge >= 0.3 is 6.09 Å². The van der Waals surface area contributed by atoms with Gasteiger partial charge in [0, 0.05) is 41.7 Å². The van der Waals surface area contributed by atoms with Crippen LogP contribution in [0.5, 0.6) is 0 Å². The predicted octanol–water partition coefficient (Wildman–Crippen LogP) is 5.53. The molecule has 1 aromatic heterocycles. The van der Waals surface area contributed by atoms with Crippen molar-refractivity contribution in [3.63, 3.8) is 0 Å². The highest BCUT2D eigenvalue weighted by molar-refractivity contribution is 6.31. The first-order valence-corrected chi connectivity index (χ1v) is 15.7. The number of nitriles is 1. The lowest BCUT2D eigenvalue weighted by Gasteiger charge is -2.43. The summed E-state index contributed by atoms with van der Waals surface area (Å²) in [5, 5.41) is 12.0. The Kier molecular flexibility index (Phi) is 10.1. The van der Waals surface area contributed by atoms with Gasteiger partial charge in [0.1, 0.15) is 41.7 Å². The molecule has 1 aliphatic carbocycles.